The van der Waals surface area contributed by atoms with Crippen molar-refractivity contribution in [2.24, 2.45) is 5.92 Å². The highest BCUT2D eigenvalue weighted by molar-refractivity contribution is 5.69. The molecule has 0 spiro atoms. The second-order valence-electron chi connectivity index (χ2n) is 2.44. The van der Waals surface area contributed by atoms with Gasteiger partial charge in [0, 0.05) is 6.42 Å². The lowest BCUT2D eigenvalue weighted by Gasteiger charge is -2.03. The van der Waals surface area contributed by atoms with Crippen LogP contribution < -0.4 is 0 Å². The van der Waals surface area contributed by atoms with Crippen LogP contribution in [0.15, 0.2) is 0 Å². The molecule has 0 aliphatic heterocycles. The van der Waals surface area contributed by atoms with Crippen LogP contribution in [0.1, 0.15) is 19.8 Å². The molecule has 0 aromatic rings. The quantitative estimate of drug-likeness (QED) is 0.453. The summed E-state index contributed by atoms with van der Waals surface area (Å²) in [5.41, 5.74) is 0. The van der Waals surface area contributed by atoms with Crippen molar-refractivity contribution in [3.63, 3.8) is 0 Å². The van der Waals surface area contributed by atoms with Crippen LogP contribution in [-0.2, 0) is 9.53 Å². The zero-order chi connectivity index (χ0) is 8.69. The molecule has 1 unspecified atom stereocenters. The molecular weight excluding hydrogens is 142 g/mol. The highest BCUT2D eigenvalue weighted by Crippen LogP contribution is 2.00. The number of ether oxygens (including phenoxy) is 1. The van der Waals surface area contributed by atoms with Crippen LogP contribution in [0, 0.1) is 24.2 Å². The van der Waals surface area contributed by atoms with Gasteiger partial charge in [-0.25, -0.2) is 0 Å². The van der Waals surface area contributed by atoms with E-state index in [1.165, 1.54) is 0 Å². The Hall–Kier alpha value is -1.04. The third kappa shape index (κ3) is 6.85. The van der Waals surface area contributed by atoms with E-state index in [4.69, 9.17) is 10.00 Å². The zero-order valence-electron chi connectivity index (χ0n) is 6.67. The van der Waals surface area contributed by atoms with Gasteiger partial charge >= 0.3 is 5.97 Å². The Morgan fingerprint density at radius 3 is 2.91 bits per heavy atom. The number of rotatable bonds is 4. The standard InChI is InChI=1S/C8H12NO2/c1-7(2)6-8(10)11-5-3-4-9/h7H,1,3,5-6H2,2H3. The monoisotopic (exact) mass is 154 g/mol. The maximum atomic E-state index is 10.8. The van der Waals surface area contributed by atoms with Crippen LogP contribution >= 0.6 is 0 Å². The van der Waals surface area contributed by atoms with Crippen LogP contribution in [-0.4, -0.2) is 12.6 Å². The summed E-state index contributed by atoms with van der Waals surface area (Å²) in [7, 11) is 0. The Balaban J connectivity index is 3.32. The fourth-order valence-corrected chi connectivity index (χ4v) is 0.554. The molecule has 0 heterocycles. The molecule has 3 heteroatoms. The number of carbonyl (C=O) groups excluding carboxylic acids is 1. The van der Waals surface area contributed by atoms with Gasteiger partial charge in [-0.15, -0.1) is 0 Å². The zero-order valence-corrected chi connectivity index (χ0v) is 6.67. The van der Waals surface area contributed by atoms with E-state index in [9.17, 15) is 4.79 Å². The third-order valence-electron chi connectivity index (χ3n) is 0.992. The summed E-state index contributed by atoms with van der Waals surface area (Å²) >= 11 is 0. The molecule has 0 aliphatic carbocycles. The molecule has 3 nitrogen and oxygen atoms in total. The first kappa shape index (κ1) is 9.96. The van der Waals surface area contributed by atoms with E-state index in [1.54, 1.807) is 0 Å². The lowest BCUT2D eigenvalue weighted by Crippen LogP contribution is -2.08. The van der Waals surface area contributed by atoms with E-state index in [0.29, 0.717) is 6.42 Å². The molecule has 0 N–H and O–H groups in total. The molecule has 11 heavy (non-hydrogen) atoms. The topological polar surface area (TPSA) is 50.1 Å². The minimum atomic E-state index is -0.275. The predicted molar refractivity (Wildman–Crippen MR) is 40.3 cm³/mol. The summed E-state index contributed by atoms with van der Waals surface area (Å²) < 4.78 is 4.69. The van der Waals surface area contributed by atoms with Crippen LogP contribution in [0.25, 0.3) is 0 Å². The minimum absolute atomic E-state index is 0.0737. The van der Waals surface area contributed by atoms with Crippen molar-refractivity contribution in [3.8, 4) is 6.07 Å². The predicted octanol–water partition coefficient (Wildman–Crippen LogP) is 1.30. The number of nitrogens with zero attached hydrogens (tertiary/aromatic N) is 1. The van der Waals surface area contributed by atoms with Crippen LogP contribution in [0.3, 0.4) is 0 Å². The third-order valence-corrected chi connectivity index (χ3v) is 0.992. The van der Waals surface area contributed by atoms with Gasteiger partial charge in [0.05, 0.1) is 12.5 Å². The number of carbonyl (C=O) groups is 1. The van der Waals surface area contributed by atoms with Gasteiger partial charge in [-0.1, -0.05) is 6.92 Å². The van der Waals surface area contributed by atoms with E-state index in [1.807, 2.05) is 13.0 Å². The maximum Gasteiger partial charge on any atom is 0.306 e. The van der Waals surface area contributed by atoms with E-state index < -0.39 is 0 Å². The van der Waals surface area contributed by atoms with E-state index in [0.717, 1.165) is 0 Å². The molecule has 0 bridgehead atoms. The van der Waals surface area contributed by atoms with Crippen LogP contribution in [0.4, 0.5) is 0 Å². The van der Waals surface area contributed by atoms with E-state index in [2.05, 4.69) is 6.92 Å². The minimum Gasteiger partial charge on any atom is -0.465 e. The van der Waals surface area contributed by atoms with Crippen LogP contribution in [0.2, 0.25) is 0 Å². The molecule has 0 saturated carbocycles. The summed E-state index contributed by atoms with van der Waals surface area (Å²) in [5.74, 6) is -0.202. The number of nitriles is 1. The average molecular weight is 154 g/mol. The Labute approximate surface area is 67.0 Å². The second-order valence-corrected chi connectivity index (χ2v) is 2.44. The van der Waals surface area contributed by atoms with Crippen molar-refractivity contribution >= 4 is 5.97 Å². The van der Waals surface area contributed by atoms with Gasteiger partial charge in [0.15, 0.2) is 0 Å². The van der Waals surface area contributed by atoms with Gasteiger partial charge in [0.2, 0.25) is 0 Å². The van der Waals surface area contributed by atoms with Crippen molar-refractivity contribution < 1.29 is 9.53 Å². The number of hydrogen-bond donors (Lipinski definition) is 0. The molecule has 0 aromatic heterocycles. The highest BCUT2D eigenvalue weighted by atomic mass is 16.5. The fraction of sp³-hybridized carbons (Fsp3) is 0.625. The maximum absolute atomic E-state index is 10.8. The lowest BCUT2D eigenvalue weighted by molar-refractivity contribution is -0.144. The van der Waals surface area contributed by atoms with Crippen LogP contribution in [0.5, 0.6) is 0 Å². The van der Waals surface area contributed by atoms with Crippen molar-refractivity contribution in [3.05, 3.63) is 6.92 Å². The largest absolute Gasteiger partial charge is 0.465 e. The summed E-state index contributed by atoms with van der Waals surface area (Å²) in [6, 6.07) is 1.88. The molecule has 0 amide bonds. The Bertz CT molecular complexity index is 158. The fourth-order valence-electron chi connectivity index (χ4n) is 0.554. The normalized spacial score (nSPS) is 9.27. The summed E-state index contributed by atoms with van der Waals surface area (Å²) in [4.78, 5) is 10.8. The van der Waals surface area contributed by atoms with Crippen molar-refractivity contribution in [1.29, 1.82) is 5.26 Å². The van der Waals surface area contributed by atoms with Crippen molar-refractivity contribution in [1.82, 2.24) is 0 Å². The Kier molecular flexibility index (Phi) is 5.18. The van der Waals surface area contributed by atoms with Gasteiger partial charge in [0.1, 0.15) is 6.61 Å². The van der Waals surface area contributed by atoms with E-state index >= 15 is 0 Å². The van der Waals surface area contributed by atoms with Gasteiger partial charge in [-0.05, 0) is 12.8 Å². The molecular formula is C8H12NO2. The molecule has 1 radical (unpaired) electrons. The molecule has 0 aromatic carbocycles. The second kappa shape index (κ2) is 5.72. The summed E-state index contributed by atoms with van der Waals surface area (Å²) in [5, 5.41) is 8.11. The van der Waals surface area contributed by atoms with E-state index in [-0.39, 0.29) is 24.9 Å². The average Bonchev–Trinajstić information content (AvgIpc) is 1.86. The first-order valence-corrected chi connectivity index (χ1v) is 3.52. The molecule has 1 atom stereocenters. The van der Waals surface area contributed by atoms with Gasteiger partial charge in [0.25, 0.3) is 0 Å². The molecule has 0 rings (SSSR count). The molecule has 0 aliphatic rings. The van der Waals surface area contributed by atoms with Crippen molar-refractivity contribution in [2.75, 3.05) is 6.61 Å². The molecule has 0 fully saturated rings. The summed E-state index contributed by atoms with van der Waals surface area (Å²) in [6.07, 6.45) is 0.586. The number of hydrogen-bond acceptors (Lipinski definition) is 3. The first-order valence-electron chi connectivity index (χ1n) is 3.52. The van der Waals surface area contributed by atoms with Gasteiger partial charge in [-0.2, -0.15) is 5.26 Å². The molecule has 0 saturated heterocycles. The SMILES string of the molecule is [CH2]C(C)CC(=O)OCCC#N. The number of esters is 1. The Morgan fingerprint density at radius 1 is 1.82 bits per heavy atom. The van der Waals surface area contributed by atoms with Gasteiger partial charge in [-0.3, -0.25) is 4.79 Å². The molecule has 61 valence electrons. The van der Waals surface area contributed by atoms with Crippen molar-refractivity contribution in [2.45, 2.75) is 19.8 Å². The first-order chi connectivity index (χ1) is 5.16. The lowest BCUT2D eigenvalue weighted by atomic mass is 10.1. The van der Waals surface area contributed by atoms with Gasteiger partial charge < -0.3 is 4.74 Å². The smallest absolute Gasteiger partial charge is 0.306 e. The Morgan fingerprint density at radius 2 is 2.45 bits per heavy atom. The highest BCUT2D eigenvalue weighted by Gasteiger charge is 2.04. The summed E-state index contributed by atoms with van der Waals surface area (Å²) in [6.45, 7) is 5.68.